The van der Waals surface area contributed by atoms with Gasteiger partial charge in [0, 0.05) is 12.0 Å². The number of cyclic esters (lactones) is 1. The fourth-order valence-electron chi connectivity index (χ4n) is 2.05. The number of rotatable bonds is 0. The SMILES string of the molecule is NC1CCC2COC(=O)C2C1. The molecule has 0 aromatic carbocycles. The molecule has 2 N–H and O–H groups in total. The summed E-state index contributed by atoms with van der Waals surface area (Å²) in [4.78, 5) is 11.1. The monoisotopic (exact) mass is 155 g/mol. The summed E-state index contributed by atoms with van der Waals surface area (Å²) in [6, 6.07) is 0.224. The van der Waals surface area contributed by atoms with Crippen LogP contribution in [-0.4, -0.2) is 18.6 Å². The average Bonchev–Trinajstić information content (AvgIpc) is 2.33. The third-order valence-electron chi connectivity index (χ3n) is 2.78. The third kappa shape index (κ3) is 1.13. The van der Waals surface area contributed by atoms with Crippen LogP contribution in [0.3, 0.4) is 0 Å². The molecular formula is C8H13NO2. The highest BCUT2D eigenvalue weighted by atomic mass is 16.5. The van der Waals surface area contributed by atoms with Gasteiger partial charge < -0.3 is 10.5 Å². The van der Waals surface area contributed by atoms with Crippen LogP contribution in [-0.2, 0) is 9.53 Å². The quantitative estimate of drug-likeness (QED) is 0.511. The molecule has 1 heterocycles. The molecular weight excluding hydrogens is 142 g/mol. The molecule has 3 unspecified atom stereocenters. The Labute approximate surface area is 65.9 Å². The van der Waals surface area contributed by atoms with Crippen LogP contribution in [0.2, 0.25) is 0 Å². The van der Waals surface area contributed by atoms with E-state index in [2.05, 4.69) is 0 Å². The lowest BCUT2D eigenvalue weighted by atomic mass is 9.79. The Morgan fingerprint density at radius 1 is 1.45 bits per heavy atom. The van der Waals surface area contributed by atoms with E-state index in [1.54, 1.807) is 0 Å². The van der Waals surface area contributed by atoms with E-state index >= 15 is 0 Å². The van der Waals surface area contributed by atoms with Gasteiger partial charge in [-0.1, -0.05) is 0 Å². The van der Waals surface area contributed by atoms with Crippen molar-refractivity contribution in [3.05, 3.63) is 0 Å². The Hall–Kier alpha value is -0.570. The van der Waals surface area contributed by atoms with Gasteiger partial charge in [-0.05, 0) is 19.3 Å². The van der Waals surface area contributed by atoms with Crippen molar-refractivity contribution in [2.75, 3.05) is 6.61 Å². The number of carbonyl (C=O) groups is 1. The number of fused-ring (bicyclic) bond motifs is 1. The van der Waals surface area contributed by atoms with E-state index in [1.165, 1.54) is 0 Å². The number of hydrogen-bond acceptors (Lipinski definition) is 3. The number of esters is 1. The molecule has 2 rings (SSSR count). The minimum atomic E-state index is -0.0230. The first kappa shape index (κ1) is 7.10. The van der Waals surface area contributed by atoms with E-state index in [0.717, 1.165) is 19.3 Å². The predicted molar refractivity (Wildman–Crippen MR) is 39.8 cm³/mol. The molecule has 2 aliphatic rings. The predicted octanol–water partition coefficient (Wildman–Crippen LogP) is 0.287. The molecule has 0 radical (unpaired) electrons. The zero-order valence-corrected chi connectivity index (χ0v) is 6.45. The molecule has 0 aromatic heterocycles. The van der Waals surface area contributed by atoms with E-state index in [-0.39, 0.29) is 17.9 Å². The summed E-state index contributed by atoms with van der Waals surface area (Å²) in [5.41, 5.74) is 5.75. The summed E-state index contributed by atoms with van der Waals surface area (Å²) >= 11 is 0. The maximum Gasteiger partial charge on any atom is 0.309 e. The summed E-state index contributed by atoms with van der Waals surface area (Å²) in [5, 5.41) is 0. The number of ether oxygens (including phenoxy) is 1. The first-order valence-corrected chi connectivity index (χ1v) is 4.19. The van der Waals surface area contributed by atoms with Crippen molar-refractivity contribution in [1.29, 1.82) is 0 Å². The Kier molecular flexibility index (Phi) is 1.60. The molecule has 11 heavy (non-hydrogen) atoms. The normalized spacial score (nSPS) is 43.4. The van der Waals surface area contributed by atoms with Crippen molar-refractivity contribution >= 4 is 5.97 Å². The molecule has 1 saturated carbocycles. The largest absolute Gasteiger partial charge is 0.465 e. The maximum absolute atomic E-state index is 11.1. The highest BCUT2D eigenvalue weighted by Crippen LogP contribution is 2.34. The second-order valence-electron chi connectivity index (χ2n) is 3.57. The zero-order valence-electron chi connectivity index (χ0n) is 6.45. The van der Waals surface area contributed by atoms with Crippen molar-refractivity contribution < 1.29 is 9.53 Å². The van der Waals surface area contributed by atoms with Gasteiger partial charge >= 0.3 is 5.97 Å². The molecule has 1 saturated heterocycles. The van der Waals surface area contributed by atoms with Gasteiger partial charge in [-0.15, -0.1) is 0 Å². The number of carbonyl (C=O) groups excluding carboxylic acids is 1. The Morgan fingerprint density at radius 3 is 3.09 bits per heavy atom. The topological polar surface area (TPSA) is 52.3 Å². The fraction of sp³-hybridized carbons (Fsp3) is 0.875. The van der Waals surface area contributed by atoms with E-state index in [9.17, 15) is 4.79 Å². The first-order valence-electron chi connectivity index (χ1n) is 4.19. The van der Waals surface area contributed by atoms with Crippen molar-refractivity contribution in [2.24, 2.45) is 17.6 Å². The van der Waals surface area contributed by atoms with Crippen LogP contribution < -0.4 is 5.73 Å². The average molecular weight is 155 g/mol. The highest BCUT2D eigenvalue weighted by Gasteiger charge is 2.40. The van der Waals surface area contributed by atoms with E-state index < -0.39 is 0 Å². The molecule has 0 amide bonds. The van der Waals surface area contributed by atoms with Crippen LogP contribution in [0.25, 0.3) is 0 Å². The van der Waals surface area contributed by atoms with E-state index in [4.69, 9.17) is 10.5 Å². The molecule has 3 heteroatoms. The molecule has 1 aliphatic carbocycles. The fourth-order valence-corrected chi connectivity index (χ4v) is 2.05. The Balaban J connectivity index is 2.07. The molecule has 0 spiro atoms. The molecule has 1 aliphatic heterocycles. The molecule has 2 fully saturated rings. The van der Waals surface area contributed by atoms with Crippen LogP contribution in [0.15, 0.2) is 0 Å². The standard InChI is InChI=1S/C8H13NO2/c9-6-2-1-5-4-11-8(10)7(5)3-6/h5-7H,1-4,9H2. The lowest BCUT2D eigenvalue weighted by molar-refractivity contribution is -0.141. The summed E-state index contributed by atoms with van der Waals surface area (Å²) in [5.74, 6) is 0.575. The van der Waals surface area contributed by atoms with Crippen molar-refractivity contribution in [3.8, 4) is 0 Å². The van der Waals surface area contributed by atoms with Crippen molar-refractivity contribution in [1.82, 2.24) is 0 Å². The van der Waals surface area contributed by atoms with Crippen LogP contribution in [0, 0.1) is 11.8 Å². The lowest BCUT2D eigenvalue weighted by Crippen LogP contribution is -2.33. The van der Waals surface area contributed by atoms with Crippen molar-refractivity contribution in [2.45, 2.75) is 25.3 Å². The van der Waals surface area contributed by atoms with Gasteiger partial charge in [-0.25, -0.2) is 0 Å². The summed E-state index contributed by atoms with van der Waals surface area (Å²) in [6.07, 6.45) is 2.96. The second kappa shape index (κ2) is 2.48. The van der Waals surface area contributed by atoms with Gasteiger partial charge in [-0.3, -0.25) is 4.79 Å². The van der Waals surface area contributed by atoms with Gasteiger partial charge in [0.15, 0.2) is 0 Å². The minimum Gasteiger partial charge on any atom is -0.465 e. The third-order valence-corrected chi connectivity index (χ3v) is 2.78. The highest BCUT2D eigenvalue weighted by molar-refractivity contribution is 5.74. The smallest absolute Gasteiger partial charge is 0.309 e. The van der Waals surface area contributed by atoms with Crippen LogP contribution in [0.5, 0.6) is 0 Å². The van der Waals surface area contributed by atoms with Gasteiger partial charge in [0.05, 0.1) is 12.5 Å². The van der Waals surface area contributed by atoms with E-state index in [0.29, 0.717) is 12.5 Å². The molecule has 0 bridgehead atoms. The molecule has 3 atom stereocenters. The molecule has 0 aromatic rings. The Morgan fingerprint density at radius 2 is 2.27 bits per heavy atom. The minimum absolute atomic E-state index is 0.0230. The van der Waals surface area contributed by atoms with Gasteiger partial charge in [0.1, 0.15) is 0 Å². The van der Waals surface area contributed by atoms with Crippen molar-refractivity contribution in [3.63, 3.8) is 0 Å². The first-order chi connectivity index (χ1) is 5.27. The van der Waals surface area contributed by atoms with Gasteiger partial charge in [-0.2, -0.15) is 0 Å². The van der Waals surface area contributed by atoms with Crippen LogP contribution >= 0.6 is 0 Å². The van der Waals surface area contributed by atoms with E-state index in [1.807, 2.05) is 0 Å². The lowest BCUT2D eigenvalue weighted by Gasteiger charge is -2.25. The summed E-state index contributed by atoms with van der Waals surface area (Å²) in [7, 11) is 0. The number of hydrogen-bond donors (Lipinski definition) is 1. The zero-order chi connectivity index (χ0) is 7.84. The van der Waals surface area contributed by atoms with Gasteiger partial charge in [0.25, 0.3) is 0 Å². The second-order valence-corrected chi connectivity index (χ2v) is 3.57. The molecule has 62 valence electrons. The summed E-state index contributed by atoms with van der Waals surface area (Å²) < 4.78 is 4.95. The summed E-state index contributed by atoms with van der Waals surface area (Å²) in [6.45, 7) is 0.635. The van der Waals surface area contributed by atoms with Gasteiger partial charge in [0.2, 0.25) is 0 Å². The molecule has 3 nitrogen and oxygen atoms in total. The maximum atomic E-state index is 11.1. The number of nitrogens with two attached hydrogens (primary N) is 1. The van der Waals surface area contributed by atoms with Crippen LogP contribution in [0.4, 0.5) is 0 Å². The Bertz CT molecular complexity index is 181. The van der Waals surface area contributed by atoms with Crippen LogP contribution in [0.1, 0.15) is 19.3 Å².